The number of aromatic nitrogens is 2. The molecule has 48 heavy (non-hydrogen) atoms. The highest BCUT2D eigenvalue weighted by Gasteiger charge is 2.33. The van der Waals surface area contributed by atoms with Crippen LogP contribution in [0.25, 0.3) is 4.96 Å². The van der Waals surface area contributed by atoms with E-state index in [1.807, 2.05) is 28.3 Å². The Balaban J connectivity index is 1.50. The zero-order valence-corrected chi connectivity index (χ0v) is 27.3. The number of fused-ring (bicyclic) bond motifs is 1. The molecule has 3 aromatic carbocycles. The maximum Gasteiger partial charge on any atom is 0.346 e. The lowest BCUT2D eigenvalue weighted by atomic mass is 10.0. The van der Waals surface area contributed by atoms with Gasteiger partial charge in [-0.05, 0) is 80.4 Å². The van der Waals surface area contributed by atoms with Gasteiger partial charge in [-0.1, -0.05) is 23.5 Å². The number of hydrogen-bond donors (Lipinski definition) is 3. The molecule has 0 aliphatic rings. The molecule has 14 heteroatoms. The van der Waals surface area contributed by atoms with Crippen molar-refractivity contribution in [3.05, 3.63) is 123 Å². The number of aryl methyl sites for hydroxylation is 1. The van der Waals surface area contributed by atoms with Crippen LogP contribution in [-0.2, 0) is 29.0 Å². The Morgan fingerprint density at radius 3 is 2.27 bits per heavy atom. The van der Waals surface area contributed by atoms with E-state index in [9.17, 15) is 29.6 Å². The number of thiazole rings is 1. The maximum absolute atomic E-state index is 14.0. The summed E-state index contributed by atoms with van der Waals surface area (Å²) in [6, 6.07) is 17.0. The highest BCUT2D eigenvalue weighted by Crippen LogP contribution is 2.23. The summed E-state index contributed by atoms with van der Waals surface area (Å²) in [6.45, 7) is 5.78. The Morgan fingerprint density at radius 2 is 1.67 bits per heavy atom. The number of aromatic hydroxyl groups is 1. The summed E-state index contributed by atoms with van der Waals surface area (Å²) in [5.74, 6) is -1.17. The molecule has 1 atom stereocenters. The predicted molar refractivity (Wildman–Crippen MR) is 179 cm³/mol. The summed E-state index contributed by atoms with van der Waals surface area (Å²) in [5, 5.41) is 23.8. The van der Waals surface area contributed by atoms with Gasteiger partial charge in [0.2, 0.25) is 5.91 Å². The zero-order chi connectivity index (χ0) is 34.5. The second-order valence-electron chi connectivity index (χ2n) is 11.5. The molecule has 2 heterocycles. The molecule has 0 fully saturated rings. The summed E-state index contributed by atoms with van der Waals surface area (Å²) in [4.78, 5) is 53.4. The number of hydrogen-bond acceptors (Lipinski definition) is 8. The molecule has 2 aromatic heterocycles. The third kappa shape index (κ3) is 7.96. The van der Waals surface area contributed by atoms with Crippen LogP contribution in [0.5, 0.6) is 5.75 Å². The summed E-state index contributed by atoms with van der Waals surface area (Å²) < 4.78 is 9.17. The fourth-order valence-corrected chi connectivity index (χ4v) is 6.16. The number of carbonyl (C=O) groups excluding carboxylic acids is 3. The standard InChI is InChI=1S/C34H34N6O7S/c1-21(2)47-32(43)25-8-10-26(11-9-25)36-33(44)39(30(31(35)42)16-23-6-14-29(41)15-7-23)20-28-19-37-17-22(3)48-34(37)38(28)18-24-4-12-27(13-5-24)40(45)46/h4-15,17,19,21,30H,16,18,20H2,1-3H3,(H3-,35,36,41,42,43,44)/p+1/t30-/m0/s1. The Morgan fingerprint density at radius 1 is 1.02 bits per heavy atom. The van der Waals surface area contributed by atoms with E-state index in [2.05, 4.69) is 5.32 Å². The number of phenols is 1. The average Bonchev–Trinajstić information content (AvgIpc) is 3.55. The Kier molecular flexibility index (Phi) is 10.0. The van der Waals surface area contributed by atoms with Crippen LogP contribution in [0, 0.1) is 17.0 Å². The number of nitro benzene ring substituents is 1. The van der Waals surface area contributed by atoms with Gasteiger partial charge in [0.05, 0.1) is 23.1 Å². The number of urea groups is 1. The number of non-ortho nitro benzene ring substituents is 1. The molecule has 5 aromatic rings. The second kappa shape index (κ2) is 14.3. The van der Waals surface area contributed by atoms with Crippen molar-refractivity contribution in [3.8, 4) is 5.75 Å². The molecule has 0 unspecified atom stereocenters. The first kappa shape index (κ1) is 33.6. The average molecular weight is 672 g/mol. The molecule has 0 saturated heterocycles. The number of nitro groups is 1. The van der Waals surface area contributed by atoms with Gasteiger partial charge in [-0.15, -0.1) is 0 Å². The molecular formula is C34H35N6O7S+. The molecule has 0 saturated carbocycles. The zero-order valence-electron chi connectivity index (χ0n) is 26.5. The highest BCUT2D eigenvalue weighted by molar-refractivity contribution is 7.16. The fraction of sp³-hybridized carbons (Fsp3) is 0.235. The number of nitrogens with zero attached hydrogens (tertiary/aromatic N) is 4. The summed E-state index contributed by atoms with van der Waals surface area (Å²) >= 11 is 1.54. The van der Waals surface area contributed by atoms with Crippen molar-refractivity contribution < 1.29 is 33.6 Å². The van der Waals surface area contributed by atoms with Gasteiger partial charge in [-0.2, -0.15) is 4.40 Å². The molecule has 0 bridgehead atoms. The van der Waals surface area contributed by atoms with Crippen molar-refractivity contribution in [3.63, 3.8) is 0 Å². The number of primary amides is 1. The van der Waals surface area contributed by atoms with Crippen molar-refractivity contribution in [1.82, 2.24) is 9.47 Å². The van der Waals surface area contributed by atoms with Gasteiger partial charge in [0.15, 0.2) is 5.69 Å². The number of ether oxygens (including phenoxy) is 1. The molecule has 5 rings (SSSR count). The molecule has 0 spiro atoms. The topological polar surface area (TPSA) is 174 Å². The van der Waals surface area contributed by atoms with Crippen molar-refractivity contribution in [2.24, 2.45) is 5.73 Å². The Bertz CT molecular complexity index is 1950. The lowest BCUT2D eigenvalue weighted by Gasteiger charge is -2.29. The molecule has 4 N–H and O–H groups in total. The largest absolute Gasteiger partial charge is 0.508 e. The van der Waals surface area contributed by atoms with Gasteiger partial charge in [0.1, 0.15) is 30.7 Å². The maximum atomic E-state index is 14.0. The van der Waals surface area contributed by atoms with Crippen LogP contribution in [0.4, 0.5) is 16.2 Å². The molecule has 13 nitrogen and oxygen atoms in total. The van der Waals surface area contributed by atoms with Crippen molar-refractivity contribution in [1.29, 1.82) is 0 Å². The smallest absolute Gasteiger partial charge is 0.346 e. The number of phenolic OH excluding ortho intramolecular Hbond substituents is 1. The number of carbonyl (C=O) groups is 3. The summed E-state index contributed by atoms with van der Waals surface area (Å²) in [6.07, 6.45) is 3.61. The van der Waals surface area contributed by atoms with E-state index in [4.69, 9.17) is 10.5 Å². The lowest BCUT2D eigenvalue weighted by Crippen LogP contribution is -2.50. The first-order valence-corrected chi connectivity index (χ1v) is 15.9. The molecule has 0 radical (unpaired) electrons. The number of rotatable bonds is 12. The minimum atomic E-state index is -1.10. The van der Waals surface area contributed by atoms with E-state index in [1.54, 1.807) is 50.2 Å². The number of imidazole rings is 1. The summed E-state index contributed by atoms with van der Waals surface area (Å²) in [7, 11) is 0. The minimum absolute atomic E-state index is 0.0239. The molecule has 0 aliphatic carbocycles. The first-order chi connectivity index (χ1) is 22.9. The molecule has 248 valence electrons. The summed E-state index contributed by atoms with van der Waals surface area (Å²) in [5.41, 5.74) is 8.77. The Hall–Kier alpha value is -5.76. The number of amides is 3. The third-order valence-electron chi connectivity index (χ3n) is 7.53. The predicted octanol–water partition coefficient (Wildman–Crippen LogP) is 4.95. The second-order valence-corrected chi connectivity index (χ2v) is 12.8. The minimum Gasteiger partial charge on any atom is -0.508 e. The molecule has 0 aliphatic heterocycles. The lowest BCUT2D eigenvalue weighted by molar-refractivity contribution is -0.506. The van der Waals surface area contributed by atoms with Gasteiger partial charge >= 0.3 is 17.0 Å². The van der Waals surface area contributed by atoms with Crippen LogP contribution in [-0.4, -0.2) is 49.6 Å². The van der Waals surface area contributed by atoms with E-state index in [0.717, 1.165) is 15.4 Å². The van der Waals surface area contributed by atoms with Crippen LogP contribution < -0.4 is 15.5 Å². The van der Waals surface area contributed by atoms with Crippen LogP contribution in [0.15, 0.2) is 85.2 Å². The first-order valence-electron chi connectivity index (χ1n) is 15.1. The van der Waals surface area contributed by atoms with E-state index in [1.165, 1.54) is 52.6 Å². The monoisotopic (exact) mass is 671 g/mol. The number of nitrogens with two attached hydrogens (primary N) is 1. The number of benzene rings is 3. The van der Waals surface area contributed by atoms with E-state index in [0.29, 0.717) is 29.1 Å². The molecular weight excluding hydrogens is 636 g/mol. The highest BCUT2D eigenvalue weighted by atomic mass is 32.1. The van der Waals surface area contributed by atoms with Crippen LogP contribution >= 0.6 is 11.3 Å². The van der Waals surface area contributed by atoms with Crippen molar-refractivity contribution >= 4 is 45.6 Å². The quantitative estimate of drug-likeness (QED) is 0.0728. The van der Waals surface area contributed by atoms with E-state index in [-0.39, 0.29) is 30.5 Å². The van der Waals surface area contributed by atoms with Gasteiger partial charge in [0, 0.05) is 29.1 Å². The van der Waals surface area contributed by atoms with Gasteiger partial charge < -0.3 is 25.8 Å². The van der Waals surface area contributed by atoms with Crippen molar-refractivity contribution in [2.45, 2.75) is 52.4 Å². The van der Waals surface area contributed by atoms with Crippen LogP contribution in [0.2, 0.25) is 0 Å². The number of esters is 1. The van der Waals surface area contributed by atoms with Gasteiger partial charge in [-0.3, -0.25) is 14.9 Å². The third-order valence-corrected chi connectivity index (χ3v) is 8.57. The number of nitrogens with one attached hydrogen (secondary N) is 1. The van der Waals surface area contributed by atoms with Gasteiger partial charge in [0.25, 0.3) is 5.69 Å². The SMILES string of the molecule is Cc1c[n+]2cc(CN(C(=O)Nc3ccc(C(=O)OC(C)C)cc3)[C@@H](Cc3ccc(O)cc3)C(N)=O)n(Cc3ccc([N+](=O)[O-])cc3)c2s1. The van der Waals surface area contributed by atoms with Crippen LogP contribution in [0.1, 0.15) is 45.9 Å². The fourth-order valence-electron chi connectivity index (χ4n) is 5.20. The van der Waals surface area contributed by atoms with E-state index < -0.39 is 28.9 Å². The van der Waals surface area contributed by atoms with Crippen molar-refractivity contribution in [2.75, 3.05) is 5.32 Å². The number of anilines is 1. The molecule has 3 amide bonds. The van der Waals surface area contributed by atoms with Gasteiger partial charge in [-0.25, -0.2) is 14.2 Å². The normalized spacial score (nSPS) is 11.8. The van der Waals surface area contributed by atoms with Crippen LogP contribution in [0.3, 0.4) is 0 Å². The Labute approximate surface area is 280 Å². The van der Waals surface area contributed by atoms with E-state index >= 15 is 0 Å².